The molecule has 0 fully saturated rings. The van der Waals surface area contributed by atoms with Gasteiger partial charge < -0.3 is 5.11 Å². The molecule has 0 unspecified atom stereocenters. The van der Waals surface area contributed by atoms with Crippen LogP contribution in [-0.2, 0) is 24.9 Å². The topological polar surface area (TPSA) is 50.2 Å². The fraction of sp³-hybridized carbons (Fsp3) is 0.0833. The molecule has 0 aliphatic rings. The molecule has 4 rings (SSSR count). The van der Waals surface area contributed by atoms with E-state index in [1.54, 1.807) is 11.3 Å². The van der Waals surface area contributed by atoms with Crippen molar-refractivity contribution >= 4 is 27.3 Å². The van der Waals surface area contributed by atoms with Gasteiger partial charge in [-0.15, -0.1) is 47.2 Å². The van der Waals surface area contributed by atoms with Gasteiger partial charge in [0.2, 0.25) is 0 Å². The van der Waals surface area contributed by atoms with Crippen molar-refractivity contribution < 1.29 is 30.0 Å². The summed E-state index contributed by atoms with van der Waals surface area (Å²) < 4.78 is 0. The van der Waals surface area contributed by atoms with E-state index < -0.39 is 0 Å². The molecule has 1 N–H and O–H groups in total. The maximum atomic E-state index is 10.0. The zero-order valence-corrected chi connectivity index (χ0v) is 19.3. The van der Waals surface area contributed by atoms with E-state index in [0.29, 0.717) is 0 Å². The Morgan fingerprint density at radius 1 is 1.03 bits per heavy atom. The van der Waals surface area contributed by atoms with Crippen molar-refractivity contribution in [3.05, 3.63) is 90.7 Å². The van der Waals surface area contributed by atoms with Gasteiger partial charge in [-0.2, -0.15) is 0 Å². The van der Waals surface area contributed by atoms with Crippen molar-refractivity contribution in [2.75, 3.05) is 0 Å². The molecule has 5 heteroatoms. The number of thiophene rings is 1. The largest absolute Gasteiger partial charge is 0.512 e. The molecule has 2 aromatic carbocycles. The SMILES string of the molecule is CC(=O)/C=C(/C)O.[Ir].[c-]1ccccc1-c1ccc2cc(-c3ccccc3)sc2n1. The zero-order valence-electron chi connectivity index (χ0n) is 16.0. The Morgan fingerprint density at radius 3 is 2.34 bits per heavy atom. The van der Waals surface area contributed by atoms with Crippen LogP contribution in [0.25, 0.3) is 31.9 Å². The molecule has 2 heterocycles. The molecule has 0 aliphatic carbocycles. The molecule has 0 amide bonds. The number of ketones is 1. The molecule has 0 spiro atoms. The summed E-state index contributed by atoms with van der Waals surface area (Å²) in [6.07, 6.45) is 1.17. The number of pyridine rings is 1. The van der Waals surface area contributed by atoms with Gasteiger partial charge in [-0.1, -0.05) is 42.5 Å². The summed E-state index contributed by atoms with van der Waals surface area (Å²) in [6, 6.07) is 28.0. The smallest absolute Gasteiger partial charge is 0.155 e. The van der Waals surface area contributed by atoms with Crippen LogP contribution in [0.2, 0.25) is 0 Å². The fourth-order valence-corrected chi connectivity index (χ4v) is 3.70. The third-order valence-corrected chi connectivity index (χ3v) is 4.93. The van der Waals surface area contributed by atoms with E-state index in [0.717, 1.165) is 16.1 Å². The number of carbonyl (C=O) groups is 1. The Bertz CT molecular complexity index is 1060. The normalized spacial score (nSPS) is 10.6. The number of allylic oxidation sites excluding steroid dienone is 2. The Morgan fingerprint density at radius 2 is 1.76 bits per heavy atom. The van der Waals surface area contributed by atoms with E-state index in [9.17, 15) is 4.79 Å². The van der Waals surface area contributed by atoms with Crippen molar-refractivity contribution in [2.24, 2.45) is 0 Å². The Balaban J connectivity index is 0.000000327. The van der Waals surface area contributed by atoms with Gasteiger partial charge in [-0.3, -0.25) is 9.78 Å². The Labute approximate surface area is 188 Å². The van der Waals surface area contributed by atoms with Crippen LogP contribution in [0.4, 0.5) is 0 Å². The zero-order chi connectivity index (χ0) is 19.9. The second kappa shape index (κ2) is 10.8. The molecular formula is C24H20IrNO2S-. The van der Waals surface area contributed by atoms with E-state index in [1.165, 1.54) is 35.8 Å². The van der Waals surface area contributed by atoms with Gasteiger partial charge in [0.25, 0.3) is 0 Å². The minimum Gasteiger partial charge on any atom is -0.512 e. The Hall–Kier alpha value is -2.59. The number of rotatable bonds is 3. The van der Waals surface area contributed by atoms with E-state index >= 15 is 0 Å². The maximum absolute atomic E-state index is 10.0. The van der Waals surface area contributed by atoms with Gasteiger partial charge in [0.1, 0.15) is 4.83 Å². The number of hydrogen-bond acceptors (Lipinski definition) is 4. The van der Waals surface area contributed by atoms with Gasteiger partial charge in [0.05, 0.1) is 5.76 Å². The minimum absolute atomic E-state index is 0. The van der Waals surface area contributed by atoms with Crippen LogP contribution in [0.15, 0.2) is 84.6 Å². The van der Waals surface area contributed by atoms with Gasteiger partial charge in [0, 0.05) is 36.4 Å². The molecule has 0 atom stereocenters. The average Bonchev–Trinajstić information content (AvgIpc) is 3.12. The van der Waals surface area contributed by atoms with E-state index in [1.807, 2.05) is 30.3 Å². The summed E-state index contributed by atoms with van der Waals surface area (Å²) >= 11 is 1.73. The average molecular weight is 579 g/mol. The number of hydrogen-bond donors (Lipinski definition) is 1. The molecule has 3 nitrogen and oxygen atoms in total. The molecule has 0 saturated carbocycles. The predicted molar refractivity (Wildman–Crippen MR) is 116 cm³/mol. The maximum Gasteiger partial charge on any atom is 0.155 e. The first-order chi connectivity index (χ1) is 13.5. The van der Waals surface area contributed by atoms with Gasteiger partial charge >= 0.3 is 0 Å². The van der Waals surface area contributed by atoms with Gasteiger partial charge in [-0.05, 0) is 31.2 Å². The van der Waals surface area contributed by atoms with Crippen LogP contribution >= 0.6 is 11.3 Å². The van der Waals surface area contributed by atoms with Crippen LogP contribution in [0.3, 0.4) is 0 Å². The minimum atomic E-state index is -0.125. The second-order valence-corrected chi connectivity index (χ2v) is 7.27. The van der Waals surface area contributed by atoms with E-state index in [2.05, 4.69) is 48.5 Å². The van der Waals surface area contributed by atoms with Crippen LogP contribution in [-0.4, -0.2) is 15.9 Å². The molecule has 0 saturated heterocycles. The number of aliphatic hydroxyl groups excluding tert-OH is 1. The first kappa shape index (κ1) is 22.7. The Kier molecular flexibility index (Phi) is 8.47. The van der Waals surface area contributed by atoms with Crippen molar-refractivity contribution in [1.82, 2.24) is 4.98 Å². The summed E-state index contributed by atoms with van der Waals surface area (Å²) in [4.78, 5) is 17.1. The molecule has 149 valence electrons. The van der Waals surface area contributed by atoms with Crippen LogP contribution < -0.4 is 0 Å². The number of aliphatic hydroxyl groups is 1. The summed E-state index contributed by atoms with van der Waals surface area (Å²) in [7, 11) is 0. The number of aromatic nitrogens is 1. The monoisotopic (exact) mass is 579 g/mol. The third kappa shape index (κ3) is 6.46. The van der Waals surface area contributed by atoms with Crippen molar-refractivity contribution in [3.8, 4) is 21.7 Å². The molecule has 2 aromatic heterocycles. The van der Waals surface area contributed by atoms with Gasteiger partial charge in [-0.25, -0.2) is 0 Å². The number of fused-ring (bicyclic) bond motifs is 1. The van der Waals surface area contributed by atoms with Crippen molar-refractivity contribution in [1.29, 1.82) is 0 Å². The van der Waals surface area contributed by atoms with Crippen LogP contribution in [0.5, 0.6) is 0 Å². The van der Waals surface area contributed by atoms with E-state index in [-0.39, 0.29) is 31.6 Å². The molecule has 0 aliphatic heterocycles. The van der Waals surface area contributed by atoms with Crippen LogP contribution in [0, 0.1) is 6.07 Å². The number of carbonyl (C=O) groups excluding carboxylic acids is 1. The second-order valence-electron chi connectivity index (χ2n) is 6.24. The summed E-state index contributed by atoms with van der Waals surface area (Å²) in [5.41, 5.74) is 3.26. The van der Waals surface area contributed by atoms with Crippen molar-refractivity contribution in [3.63, 3.8) is 0 Å². The summed E-state index contributed by atoms with van der Waals surface area (Å²) in [6.45, 7) is 2.85. The standard InChI is InChI=1S/C19H12NS.C5H8O2.Ir/c1-3-7-14(8-4-1)17-12-11-16-13-18(21-19(16)20-17)15-9-5-2-6-10-15;1-4(6)3-5(2)7;/h1-7,9-13H;3,6H,1-2H3;/q-1;;/b;4-3-;. The molecule has 1 radical (unpaired) electrons. The molecule has 4 aromatic rings. The van der Waals surface area contributed by atoms with E-state index in [4.69, 9.17) is 10.1 Å². The molecule has 29 heavy (non-hydrogen) atoms. The fourth-order valence-electron chi connectivity index (χ4n) is 2.66. The summed E-state index contributed by atoms with van der Waals surface area (Å²) in [5, 5.41) is 9.56. The van der Waals surface area contributed by atoms with Crippen molar-refractivity contribution in [2.45, 2.75) is 13.8 Å². The number of nitrogens with zero attached hydrogens (tertiary/aromatic N) is 1. The number of benzene rings is 2. The molecular weight excluding hydrogens is 559 g/mol. The summed E-state index contributed by atoms with van der Waals surface area (Å²) in [5.74, 6) is -0.0625. The third-order valence-electron chi connectivity index (χ3n) is 3.84. The predicted octanol–water partition coefficient (Wildman–Crippen LogP) is 6.47. The first-order valence-corrected chi connectivity index (χ1v) is 9.65. The molecule has 0 bridgehead atoms. The quantitative estimate of drug-likeness (QED) is 0.172. The van der Waals surface area contributed by atoms with Gasteiger partial charge in [0.15, 0.2) is 5.78 Å². The first-order valence-electron chi connectivity index (χ1n) is 8.84. The van der Waals surface area contributed by atoms with Crippen LogP contribution in [0.1, 0.15) is 13.8 Å².